The Morgan fingerprint density at radius 1 is 1.27 bits per heavy atom. The van der Waals surface area contributed by atoms with Gasteiger partial charge in [0.25, 0.3) is 5.91 Å². The molecule has 110 valence electrons. The molecule has 2 aromatic carbocycles. The van der Waals surface area contributed by atoms with E-state index < -0.39 is 0 Å². The lowest BCUT2D eigenvalue weighted by Gasteiger charge is -2.06. The summed E-state index contributed by atoms with van der Waals surface area (Å²) in [7, 11) is 0. The Labute approximate surface area is 132 Å². The first kappa shape index (κ1) is 14.4. The fourth-order valence-corrected chi connectivity index (χ4v) is 2.40. The average Bonchev–Trinajstić information content (AvgIpc) is 2.92. The van der Waals surface area contributed by atoms with Gasteiger partial charge in [-0.25, -0.2) is 0 Å². The van der Waals surface area contributed by atoms with Crippen LogP contribution in [0.15, 0.2) is 53.5 Å². The number of aromatic nitrogens is 1. The lowest BCUT2D eigenvalue weighted by Crippen LogP contribution is -2.07. The van der Waals surface area contributed by atoms with Crippen LogP contribution < -0.4 is 5.32 Å². The number of hydrogen-bond acceptors (Lipinski definition) is 3. The molecule has 1 amide bonds. The standard InChI is InChI=1S/C17H13ClN2O2/c1-3-15(21)19-17-20-16-10(2)13(8-9-14(16)22-17)11-4-6-12(18)7-5-11/h3-9H,1H2,2H3,(H,19,20,21). The van der Waals surface area contributed by atoms with Crippen molar-refractivity contribution in [1.82, 2.24) is 4.98 Å². The van der Waals surface area contributed by atoms with Crippen LogP contribution in [0.25, 0.3) is 22.2 Å². The summed E-state index contributed by atoms with van der Waals surface area (Å²) in [5, 5.41) is 3.22. The first-order valence-electron chi connectivity index (χ1n) is 6.68. The third-order valence-corrected chi connectivity index (χ3v) is 3.64. The molecule has 0 saturated carbocycles. The van der Waals surface area contributed by atoms with Crippen molar-refractivity contribution in [3.05, 3.63) is 59.6 Å². The average molecular weight is 313 g/mol. The minimum atomic E-state index is -0.359. The summed E-state index contributed by atoms with van der Waals surface area (Å²) in [5.41, 5.74) is 4.40. The minimum Gasteiger partial charge on any atom is -0.423 e. The van der Waals surface area contributed by atoms with Gasteiger partial charge in [0.15, 0.2) is 5.58 Å². The Bertz CT molecular complexity index is 866. The van der Waals surface area contributed by atoms with Crippen molar-refractivity contribution in [1.29, 1.82) is 0 Å². The SMILES string of the molecule is C=CC(=O)Nc1nc2c(C)c(-c3ccc(Cl)cc3)ccc2o1. The largest absolute Gasteiger partial charge is 0.423 e. The van der Waals surface area contributed by atoms with Crippen LogP contribution in [0, 0.1) is 6.92 Å². The van der Waals surface area contributed by atoms with Gasteiger partial charge in [0.1, 0.15) is 5.52 Å². The van der Waals surface area contributed by atoms with Crippen molar-refractivity contribution < 1.29 is 9.21 Å². The van der Waals surface area contributed by atoms with Crippen molar-refractivity contribution in [3.63, 3.8) is 0 Å². The van der Waals surface area contributed by atoms with Crippen LogP contribution in [-0.4, -0.2) is 10.9 Å². The molecule has 0 atom stereocenters. The van der Waals surface area contributed by atoms with Crippen LogP contribution >= 0.6 is 11.6 Å². The zero-order chi connectivity index (χ0) is 15.7. The molecule has 0 bridgehead atoms. The molecular formula is C17H13ClN2O2. The zero-order valence-electron chi connectivity index (χ0n) is 11.9. The molecule has 1 N–H and O–H groups in total. The number of fused-ring (bicyclic) bond motifs is 1. The highest BCUT2D eigenvalue weighted by atomic mass is 35.5. The van der Waals surface area contributed by atoms with E-state index in [1.54, 1.807) is 0 Å². The maximum Gasteiger partial charge on any atom is 0.302 e. The van der Waals surface area contributed by atoms with Crippen LogP contribution in [0.5, 0.6) is 0 Å². The summed E-state index contributed by atoms with van der Waals surface area (Å²) in [6, 6.07) is 11.6. The van der Waals surface area contributed by atoms with Crippen LogP contribution in [0.2, 0.25) is 5.02 Å². The molecule has 5 heteroatoms. The third kappa shape index (κ3) is 2.61. The second-order valence-electron chi connectivity index (χ2n) is 4.80. The third-order valence-electron chi connectivity index (χ3n) is 3.38. The van der Waals surface area contributed by atoms with Crippen molar-refractivity contribution in [2.45, 2.75) is 6.92 Å². The van der Waals surface area contributed by atoms with E-state index in [0.717, 1.165) is 16.7 Å². The molecule has 1 heterocycles. The molecule has 0 spiro atoms. The van der Waals surface area contributed by atoms with E-state index >= 15 is 0 Å². The maximum absolute atomic E-state index is 11.3. The maximum atomic E-state index is 11.3. The molecule has 4 nitrogen and oxygen atoms in total. The molecule has 3 rings (SSSR count). The van der Waals surface area contributed by atoms with Crippen molar-refractivity contribution in [2.24, 2.45) is 0 Å². The first-order chi connectivity index (χ1) is 10.6. The lowest BCUT2D eigenvalue weighted by molar-refractivity contribution is -0.112. The second kappa shape index (κ2) is 5.66. The molecule has 1 aromatic heterocycles. The Hall–Kier alpha value is -2.59. The number of nitrogens with zero attached hydrogens (tertiary/aromatic N) is 1. The fraction of sp³-hybridized carbons (Fsp3) is 0.0588. The monoisotopic (exact) mass is 312 g/mol. The molecule has 22 heavy (non-hydrogen) atoms. The Kier molecular flexibility index (Phi) is 3.69. The molecule has 0 fully saturated rings. The topological polar surface area (TPSA) is 55.1 Å². The van der Waals surface area contributed by atoms with Crippen molar-refractivity contribution >= 4 is 34.6 Å². The normalized spacial score (nSPS) is 10.6. The number of oxazole rings is 1. The number of rotatable bonds is 3. The molecule has 3 aromatic rings. The highest BCUT2D eigenvalue weighted by molar-refractivity contribution is 6.30. The Balaban J connectivity index is 2.07. The van der Waals surface area contributed by atoms with Gasteiger partial charge in [0, 0.05) is 5.02 Å². The Morgan fingerprint density at radius 2 is 2.00 bits per heavy atom. The van der Waals surface area contributed by atoms with Crippen LogP contribution in [0.3, 0.4) is 0 Å². The Morgan fingerprint density at radius 3 is 2.68 bits per heavy atom. The molecule has 0 saturated heterocycles. The summed E-state index contributed by atoms with van der Waals surface area (Å²) in [6.07, 6.45) is 1.17. The number of anilines is 1. The number of aryl methyl sites for hydroxylation is 1. The van der Waals surface area contributed by atoms with Gasteiger partial charge in [0.05, 0.1) is 0 Å². The van der Waals surface area contributed by atoms with Gasteiger partial charge in [-0.05, 0) is 47.9 Å². The predicted molar refractivity (Wildman–Crippen MR) is 88.0 cm³/mol. The van der Waals surface area contributed by atoms with E-state index in [-0.39, 0.29) is 11.9 Å². The number of amides is 1. The number of carbonyl (C=O) groups is 1. The number of hydrogen-bond donors (Lipinski definition) is 1. The van der Waals surface area contributed by atoms with Gasteiger partial charge in [-0.1, -0.05) is 36.4 Å². The van der Waals surface area contributed by atoms with E-state index in [1.807, 2.05) is 43.3 Å². The van der Waals surface area contributed by atoms with E-state index in [1.165, 1.54) is 6.08 Å². The van der Waals surface area contributed by atoms with E-state index in [9.17, 15) is 4.79 Å². The summed E-state index contributed by atoms with van der Waals surface area (Å²) < 4.78 is 5.52. The summed E-state index contributed by atoms with van der Waals surface area (Å²) in [5.74, 6) is -0.359. The van der Waals surface area contributed by atoms with Gasteiger partial charge in [-0.3, -0.25) is 10.1 Å². The molecular weight excluding hydrogens is 300 g/mol. The number of nitrogens with one attached hydrogen (secondary N) is 1. The number of halogens is 1. The molecule has 0 unspecified atom stereocenters. The van der Waals surface area contributed by atoms with Gasteiger partial charge in [-0.2, -0.15) is 4.98 Å². The number of carbonyl (C=O) groups excluding carboxylic acids is 1. The zero-order valence-corrected chi connectivity index (χ0v) is 12.6. The van der Waals surface area contributed by atoms with E-state index in [4.69, 9.17) is 16.0 Å². The lowest BCUT2D eigenvalue weighted by atomic mass is 10.00. The van der Waals surface area contributed by atoms with Crippen molar-refractivity contribution in [3.8, 4) is 11.1 Å². The molecule has 0 aliphatic carbocycles. The predicted octanol–water partition coefficient (Wildman–Crippen LogP) is 4.58. The minimum absolute atomic E-state index is 0.163. The highest BCUT2D eigenvalue weighted by Crippen LogP contribution is 2.31. The van der Waals surface area contributed by atoms with Crippen LogP contribution in [0.1, 0.15) is 5.56 Å². The van der Waals surface area contributed by atoms with E-state index in [2.05, 4.69) is 16.9 Å². The molecule has 0 aliphatic heterocycles. The van der Waals surface area contributed by atoms with Gasteiger partial charge in [-0.15, -0.1) is 0 Å². The second-order valence-corrected chi connectivity index (χ2v) is 5.24. The van der Waals surface area contributed by atoms with Gasteiger partial charge in [0.2, 0.25) is 0 Å². The van der Waals surface area contributed by atoms with Crippen LogP contribution in [-0.2, 0) is 4.79 Å². The summed E-state index contributed by atoms with van der Waals surface area (Å²) >= 11 is 5.92. The summed E-state index contributed by atoms with van der Waals surface area (Å²) in [4.78, 5) is 15.7. The van der Waals surface area contributed by atoms with Crippen LogP contribution in [0.4, 0.5) is 6.01 Å². The smallest absolute Gasteiger partial charge is 0.302 e. The fourth-order valence-electron chi connectivity index (χ4n) is 2.28. The first-order valence-corrected chi connectivity index (χ1v) is 7.06. The molecule has 0 radical (unpaired) electrons. The molecule has 0 aliphatic rings. The van der Waals surface area contributed by atoms with Gasteiger partial charge >= 0.3 is 6.01 Å². The quantitative estimate of drug-likeness (QED) is 0.720. The number of benzene rings is 2. The van der Waals surface area contributed by atoms with Crippen molar-refractivity contribution in [2.75, 3.05) is 5.32 Å². The highest BCUT2D eigenvalue weighted by Gasteiger charge is 2.13. The van der Waals surface area contributed by atoms with Gasteiger partial charge < -0.3 is 4.42 Å². The van der Waals surface area contributed by atoms with E-state index in [0.29, 0.717) is 16.1 Å². The summed E-state index contributed by atoms with van der Waals surface area (Å²) in [6.45, 7) is 5.36.